The SMILES string of the molecule is CCn1cnc2c3cccnc3c3ncccc3c21. The molecule has 19 heavy (non-hydrogen) atoms. The van der Waals surface area contributed by atoms with Crippen LogP contribution >= 0.6 is 0 Å². The zero-order valence-electron chi connectivity index (χ0n) is 10.5. The average Bonchev–Trinajstić information content (AvgIpc) is 2.92. The zero-order valence-corrected chi connectivity index (χ0v) is 10.5. The van der Waals surface area contributed by atoms with Crippen molar-refractivity contribution in [3.63, 3.8) is 0 Å². The second-order valence-electron chi connectivity index (χ2n) is 4.53. The maximum Gasteiger partial charge on any atom is 0.0987 e. The fourth-order valence-electron chi connectivity index (χ4n) is 2.67. The van der Waals surface area contributed by atoms with Crippen molar-refractivity contribution in [2.24, 2.45) is 0 Å². The quantitative estimate of drug-likeness (QED) is 0.486. The van der Waals surface area contributed by atoms with Crippen LogP contribution < -0.4 is 0 Å². The second kappa shape index (κ2) is 3.75. The van der Waals surface area contributed by atoms with Gasteiger partial charge in [-0.1, -0.05) is 0 Å². The Morgan fingerprint density at radius 2 is 1.58 bits per heavy atom. The van der Waals surface area contributed by atoms with E-state index in [-0.39, 0.29) is 0 Å². The Bertz CT molecular complexity index is 908. The largest absolute Gasteiger partial charge is 0.330 e. The first-order chi connectivity index (χ1) is 9.40. The molecule has 4 nitrogen and oxygen atoms in total. The summed E-state index contributed by atoms with van der Waals surface area (Å²) in [5.74, 6) is 0. The van der Waals surface area contributed by atoms with Gasteiger partial charge in [0.05, 0.1) is 28.4 Å². The Kier molecular flexibility index (Phi) is 2.06. The molecule has 0 aliphatic carbocycles. The first kappa shape index (κ1) is 10.4. The molecule has 0 fully saturated rings. The lowest BCUT2D eigenvalue weighted by atomic mass is 10.1. The number of rotatable bonds is 1. The Balaban J connectivity index is 2.41. The summed E-state index contributed by atoms with van der Waals surface area (Å²) in [5.41, 5.74) is 4.02. The molecule has 0 saturated carbocycles. The fraction of sp³-hybridized carbons (Fsp3) is 0.133. The number of imidazole rings is 1. The molecule has 0 atom stereocenters. The van der Waals surface area contributed by atoms with Crippen LogP contribution in [0.1, 0.15) is 6.92 Å². The highest BCUT2D eigenvalue weighted by Gasteiger charge is 2.13. The van der Waals surface area contributed by atoms with Gasteiger partial charge in [-0.3, -0.25) is 9.97 Å². The molecular weight excluding hydrogens is 236 g/mol. The molecule has 0 N–H and O–H groups in total. The van der Waals surface area contributed by atoms with E-state index < -0.39 is 0 Å². The van der Waals surface area contributed by atoms with Crippen LogP contribution in [0.5, 0.6) is 0 Å². The number of hydrogen-bond donors (Lipinski definition) is 0. The predicted molar refractivity (Wildman–Crippen MR) is 76.0 cm³/mol. The smallest absolute Gasteiger partial charge is 0.0987 e. The minimum Gasteiger partial charge on any atom is -0.330 e. The van der Waals surface area contributed by atoms with Gasteiger partial charge in [-0.15, -0.1) is 0 Å². The molecule has 0 radical (unpaired) electrons. The fourth-order valence-corrected chi connectivity index (χ4v) is 2.67. The Morgan fingerprint density at radius 3 is 2.32 bits per heavy atom. The van der Waals surface area contributed by atoms with Crippen LogP contribution in [0.4, 0.5) is 0 Å². The summed E-state index contributed by atoms with van der Waals surface area (Å²) in [6.07, 6.45) is 5.51. The van der Waals surface area contributed by atoms with E-state index in [2.05, 4.69) is 38.6 Å². The number of pyridine rings is 2. The highest BCUT2D eigenvalue weighted by atomic mass is 15.0. The third kappa shape index (κ3) is 1.31. The van der Waals surface area contributed by atoms with Crippen molar-refractivity contribution in [1.82, 2.24) is 19.5 Å². The minimum absolute atomic E-state index is 0.895. The van der Waals surface area contributed by atoms with Gasteiger partial charge in [0, 0.05) is 29.7 Å². The van der Waals surface area contributed by atoms with E-state index in [0.717, 1.165) is 39.4 Å². The molecule has 0 spiro atoms. The maximum atomic E-state index is 4.56. The summed E-state index contributed by atoms with van der Waals surface area (Å²) in [7, 11) is 0. The van der Waals surface area contributed by atoms with Gasteiger partial charge in [-0.25, -0.2) is 4.98 Å². The standard InChI is InChI=1S/C15H12N4/c1-2-19-9-18-14-10-5-3-7-16-12(10)13-11(15(14)19)6-4-8-17-13/h3-9H,2H2,1H3. The molecule has 0 amide bonds. The van der Waals surface area contributed by atoms with Crippen LogP contribution in [0.25, 0.3) is 32.8 Å². The maximum absolute atomic E-state index is 4.56. The molecule has 0 unspecified atom stereocenters. The summed E-state index contributed by atoms with van der Waals surface area (Å²) in [5, 5.41) is 2.18. The van der Waals surface area contributed by atoms with Crippen LogP contribution in [-0.4, -0.2) is 19.5 Å². The van der Waals surface area contributed by atoms with Gasteiger partial charge in [-0.05, 0) is 31.2 Å². The van der Waals surface area contributed by atoms with E-state index in [1.807, 2.05) is 24.7 Å². The molecule has 0 bridgehead atoms. The first-order valence-electron chi connectivity index (χ1n) is 6.36. The van der Waals surface area contributed by atoms with Crippen LogP contribution in [0.15, 0.2) is 43.0 Å². The van der Waals surface area contributed by atoms with E-state index in [1.54, 1.807) is 6.20 Å². The van der Waals surface area contributed by atoms with Crippen LogP contribution in [0, 0.1) is 0 Å². The number of aromatic nitrogens is 4. The van der Waals surface area contributed by atoms with Crippen molar-refractivity contribution in [2.45, 2.75) is 13.5 Å². The van der Waals surface area contributed by atoms with Crippen LogP contribution in [0.3, 0.4) is 0 Å². The molecular formula is C15H12N4. The molecule has 0 saturated heterocycles. The van der Waals surface area contributed by atoms with Gasteiger partial charge < -0.3 is 4.57 Å². The van der Waals surface area contributed by atoms with Crippen molar-refractivity contribution < 1.29 is 0 Å². The number of benzene rings is 1. The van der Waals surface area contributed by atoms with Crippen molar-refractivity contribution in [1.29, 1.82) is 0 Å². The molecule has 4 aromatic rings. The van der Waals surface area contributed by atoms with E-state index in [1.165, 1.54) is 0 Å². The van der Waals surface area contributed by atoms with Crippen LogP contribution in [0.2, 0.25) is 0 Å². The molecule has 0 aliphatic heterocycles. The first-order valence-corrected chi connectivity index (χ1v) is 6.36. The predicted octanol–water partition coefficient (Wildman–Crippen LogP) is 3.15. The van der Waals surface area contributed by atoms with Crippen LogP contribution in [-0.2, 0) is 6.54 Å². The molecule has 4 heteroatoms. The lowest BCUT2D eigenvalue weighted by molar-refractivity contribution is 0.789. The summed E-state index contributed by atoms with van der Waals surface area (Å²) in [6.45, 7) is 3.02. The van der Waals surface area contributed by atoms with E-state index in [4.69, 9.17) is 0 Å². The molecule has 4 rings (SSSR count). The van der Waals surface area contributed by atoms with Crippen molar-refractivity contribution >= 4 is 32.8 Å². The summed E-state index contributed by atoms with van der Waals surface area (Å²) in [6, 6.07) is 8.06. The van der Waals surface area contributed by atoms with E-state index >= 15 is 0 Å². The second-order valence-corrected chi connectivity index (χ2v) is 4.53. The third-order valence-corrected chi connectivity index (χ3v) is 3.53. The van der Waals surface area contributed by atoms with Gasteiger partial charge >= 0.3 is 0 Å². The molecule has 92 valence electrons. The van der Waals surface area contributed by atoms with E-state index in [9.17, 15) is 0 Å². The summed E-state index contributed by atoms with van der Waals surface area (Å²) in [4.78, 5) is 13.6. The Labute approximate surface area is 109 Å². The topological polar surface area (TPSA) is 43.6 Å². The number of nitrogens with zero attached hydrogens (tertiary/aromatic N) is 4. The average molecular weight is 248 g/mol. The molecule has 0 aliphatic rings. The van der Waals surface area contributed by atoms with Crippen molar-refractivity contribution in [3.8, 4) is 0 Å². The van der Waals surface area contributed by atoms with Gasteiger partial charge in [0.25, 0.3) is 0 Å². The Morgan fingerprint density at radius 1 is 0.895 bits per heavy atom. The third-order valence-electron chi connectivity index (χ3n) is 3.53. The van der Waals surface area contributed by atoms with Gasteiger partial charge in [0.15, 0.2) is 0 Å². The van der Waals surface area contributed by atoms with Crippen molar-refractivity contribution in [2.75, 3.05) is 0 Å². The number of fused-ring (bicyclic) bond motifs is 6. The van der Waals surface area contributed by atoms with Crippen molar-refractivity contribution in [3.05, 3.63) is 43.0 Å². The van der Waals surface area contributed by atoms with E-state index in [0.29, 0.717) is 0 Å². The van der Waals surface area contributed by atoms with Gasteiger partial charge in [-0.2, -0.15) is 0 Å². The summed E-state index contributed by atoms with van der Waals surface area (Å²) < 4.78 is 2.16. The minimum atomic E-state index is 0.895. The molecule has 3 heterocycles. The lowest BCUT2D eigenvalue weighted by Gasteiger charge is -2.06. The lowest BCUT2D eigenvalue weighted by Crippen LogP contribution is -1.93. The zero-order chi connectivity index (χ0) is 12.8. The number of hydrogen-bond acceptors (Lipinski definition) is 3. The Hall–Kier alpha value is -2.49. The van der Waals surface area contributed by atoms with Gasteiger partial charge in [0.1, 0.15) is 0 Å². The summed E-state index contributed by atoms with van der Waals surface area (Å²) >= 11 is 0. The normalized spacial score (nSPS) is 11.6. The monoisotopic (exact) mass is 248 g/mol. The highest BCUT2D eigenvalue weighted by Crippen LogP contribution is 2.31. The number of aryl methyl sites for hydroxylation is 1. The van der Waals surface area contributed by atoms with Gasteiger partial charge in [0.2, 0.25) is 0 Å². The molecule has 3 aromatic heterocycles. The highest BCUT2D eigenvalue weighted by molar-refractivity contribution is 6.20. The molecule has 1 aromatic carbocycles.